The predicted molar refractivity (Wildman–Crippen MR) is 98.1 cm³/mol. The Morgan fingerprint density at radius 1 is 0.923 bits per heavy atom. The summed E-state index contributed by atoms with van der Waals surface area (Å²) in [4.78, 5) is 2.66. The molecule has 138 valence electrons. The van der Waals surface area contributed by atoms with Crippen molar-refractivity contribution >= 4 is 0 Å². The van der Waals surface area contributed by atoms with Crippen LogP contribution in [0.1, 0.15) is 42.9 Å². The summed E-state index contributed by atoms with van der Waals surface area (Å²) in [5.41, 5.74) is 4.00. The van der Waals surface area contributed by atoms with Gasteiger partial charge in [0.2, 0.25) is 0 Å². The lowest BCUT2D eigenvalue weighted by molar-refractivity contribution is -0.137. The maximum absolute atomic E-state index is 12.7. The molecule has 1 aliphatic carbocycles. The summed E-state index contributed by atoms with van der Waals surface area (Å²) in [5.74, 6) is 0. The van der Waals surface area contributed by atoms with E-state index < -0.39 is 11.7 Å². The summed E-state index contributed by atoms with van der Waals surface area (Å²) in [7, 11) is 0. The van der Waals surface area contributed by atoms with Gasteiger partial charge in [-0.1, -0.05) is 30.3 Å². The highest BCUT2D eigenvalue weighted by Gasteiger charge is 2.31. The number of aryl methyl sites for hydroxylation is 1. The molecule has 4 heteroatoms. The van der Waals surface area contributed by atoms with E-state index >= 15 is 0 Å². The maximum atomic E-state index is 12.7. The monoisotopic (exact) mass is 359 g/mol. The number of hydrogen-bond acceptors (Lipinski definition) is 1. The first-order chi connectivity index (χ1) is 12.4. The molecule has 1 saturated heterocycles. The van der Waals surface area contributed by atoms with Crippen LogP contribution in [0.2, 0.25) is 0 Å². The summed E-state index contributed by atoms with van der Waals surface area (Å²) >= 11 is 0. The quantitative estimate of drug-likeness (QED) is 0.663. The van der Waals surface area contributed by atoms with Crippen LogP contribution < -0.4 is 0 Å². The van der Waals surface area contributed by atoms with Crippen LogP contribution in [0.15, 0.2) is 42.5 Å². The van der Waals surface area contributed by atoms with Gasteiger partial charge in [-0.15, -0.1) is 0 Å². The molecular formula is C22H24F3N. The van der Waals surface area contributed by atoms with Gasteiger partial charge in [0.1, 0.15) is 0 Å². The Kier molecular flexibility index (Phi) is 4.55. The van der Waals surface area contributed by atoms with Crippen LogP contribution in [0.5, 0.6) is 0 Å². The average molecular weight is 359 g/mol. The molecule has 2 aromatic rings. The fourth-order valence-corrected chi connectivity index (χ4v) is 4.55. The molecule has 1 heterocycles. The van der Waals surface area contributed by atoms with Crippen LogP contribution in [0.25, 0.3) is 11.1 Å². The Morgan fingerprint density at radius 3 is 2.31 bits per heavy atom. The number of hydrogen-bond donors (Lipinski definition) is 0. The second kappa shape index (κ2) is 6.73. The normalized spacial score (nSPS) is 23.8. The average Bonchev–Trinajstić information content (AvgIpc) is 3.06. The standard InChI is InChI=1S/C22H24F3N/c1-15-3-2-12-26(15)21-11-8-18-13-17(4-5-19(18)14-21)16-6-9-20(10-7-16)22(23,24)25/h4-7,9-10,13,15,21H,2-3,8,11-12,14H2,1H3. The molecule has 1 fully saturated rings. The van der Waals surface area contributed by atoms with Gasteiger partial charge in [0.25, 0.3) is 0 Å². The van der Waals surface area contributed by atoms with E-state index in [9.17, 15) is 13.2 Å². The van der Waals surface area contributed by atoms with Crippen molar-refractivity contribution in [2.45, 2.75) is 57.3 Å². The van der Waals surface area contributed by atoms with Crippen molar-refractivity contribution in [3.8, 4) is 11.1 Å². The fourth-order valence-electron chi connectivity index (χ4n) is 4.55. The number of halogens is 3. The summed E-state index contributed by atoms with van der Waals surface area (Å²) in [6, 6.07) is 13.2. The molecule has 1 aliphatic heterocycles. The lowest BCUT2D eigenvalue weighted by Crippen LogP contribution is -2.41. The van der Waals surface area contributed by atoms with E-state index in [1.54, 1.807) is 12.1 Å². The highest BCUT2D eigenvalue weighted by molar-refractivity contribution is 5.65. The number of benzene rings is 2. The molecule has 0 radical (unpaired) electrons. The van der Waals surface area contributed by atoms with Gasteiger partial charge in [-0.25, -0.2) is 0 Å². The minimum absolute atomic E-state index is 0.596. The highest BCUT2D eigenvalue weighted by Crippen LogP contribution is 2.34. The number of likely N-dealkylation sites (tertiary alicyclic amines) is 1. The van der Waals surface area contributed by atoms with Crippen molar-refractivity contribution in [2.75, 3.05) is 6.54 Å². The van der Waals surface area contributed by atoms with Gasteiger partial charge in [-0.05, 0) is 80.0 Å². The largest absolute Gasteiger partial charge is 0.416 e. The fraction of sp³-hybridized carbons (Fsp3) is 0.455. The van der Waals surface area contributed by atoms with Gasteiger partial charge in [-0.2, -0.15) is 13.2 Å². The van der Waals surface area contributed by atoms with E-state index in [1.165, 1.54) is 49.1 Å². The van der Waals surface area contributed by atoms with E-state index in [4.69, 9.17) is 0 Å². The summed E-state index contributed by atoms with van der Waals surface area (Å²) in [6.45, 7) is 3.54. The second-order valence-corrected chi connectivity index (χ2v) is 7.68. The minimum Gasteiger partial charge on any atom is -0.297 e. The maximum Gasteiger partial charge on any atom is 0.416 e. The summed E-state index contributed by atoms with van der Waals surface area (Å²) < 4.78 is 38.2. The zero-order valence-electron chi connectivity index (χ0n) is 15.0. The Bertz CT molecular complexity index is 779. The molecular weight excluding hydrogens is 335 g/mol. The van der Waals surface area contributed by atoms with Crippen LogP contribution in [0.4, 0.5) is 13.2 Å². The van der Waals surface area contributed by atoms with Crippen molar-refractivity contribution in [3.05, 3.63) is 59.2 Å². The van der Waals surface area contributed by atoms with Crippen LogP contribution in [0.3, 0.4) is 0 Å². The summed E-state index contributed by atoms with van der Waals surface area (Å²) in [5, 5.41) is 0. The number of nitrogens with zero attached hydrogens (tertiary/aromatic N) is 1. The van der Waals surface area contributed by atoms with Gasteiger partial charge in [0, 0.05) is 12.1 Å². The third-order valence-corrected chi connectivity index (χ3v) is 6.03. The molecule has 0 saturated carbocycles. The van der Waals surface area contributed by atoms with Crippen LogP contribution in [-0.2, 0) is 19.0 Å². The first-order valence-corrected chi connectivity index (χ1v) is 9.47. The number of fused-ring (bicyclic) bond motifs is 1. The smallest absolute Gasteiger partial charge is 0.297 e. The number of alkyl halides is 3. The lowest BCUT2D eigenvalue weighted by atomic mass is 9.85. The van der Waals surface area contributed by atoms with Crippen LogP contribution in [0, 0.1) is 0 Å². The molecule has 2 atom stereocenters. The third-order valence-electron chi connectivity index (χ3n) is 6.03. The van der Waals surface area contributed by atoms with Crippen molar-refractivity contribution in [1.82, 2.24) is 4.90 Å². The topological polar surface area (TPSA) is 3.24 Å². The van der Waals surface area contributed by atoms with Gasteiger partial charge in [-0.3, -0.25) is 4.90 Å². The van der Waals surface area contributed by atoms with Crippen LogP contribution >= 0.6 is 0 Å². The molecule has 0 bridgehead atoms. The van der Waals surface area contributed by atoms with E-state index in [0.29, 0.717) is 12.1 Å². The molecule has 2 aliphatic rings. The third kappa shape index (κ3) is 3.39. The van der Waals surface area contributed by atoms with Gasteiger partial charge in [0.15, 0.2) is 0 Å². The SMILES string of the molecule is CC1CCCN1C1CCc2cc(-c3ccc(C(F)(F)F)cc3)ccc2C1. The van der Waals surface area contributed by atoms with Gasteiger partial charge in [0.05, 0.1) is 5.56 Å². The van der Waals surface area contributed by atoms with Crippen molar-refractivity contribution in [2.24, 2.45) is 0 Å². The second-order valence-electron chi connectivity index (χ2n) is 7.68. The van der Waals surface area contributed by atoms with Gasteiger partial charge >= 0.3 is 6.18 Å². The zero-order valence-corrected chi connectivity index (χ0v) is 15.0. The predicted octanol–water partition coefficient (Wildman–Crippen LogP) is 5.71. The molecule has 4 rings (SSSR count). The van der Waals surface area contributed by atoms with Crippen LogP contribution in [-0.4, -0.2) is 23.5 Å². The molecule has 2 unspecified atom stereocenters. The first-order valence-electron chi connectivity index (χ1n) is 9.47. The highest BCUT2D eigenvalue weighted by atomic mass is 19.4. The van der Waals surface area contributed by atoms with Gasteiger partial charge < -0.3 is 0 Å². The zero-order chi connectivity index (χ0) is 18.3. The van der Waals surface area contributed by atoms with E-state index in [1.807, 2.05) is 0 Å². The molecule has 0 aromatic heterocycles. The molecule has 2 aromatic carbocycles. The first kappa shape index (κ1) is 17.6. The van der Waals surface area contributed by atoms with E-state index in [2.05, 4.69) is 30.0 Å². The Balaban J connectivity index is 1.53. The van der Waals surface area contributed by atoms with Crippen molar-refractivity contribution in [3.63, 3.8) is 0 Å². The molecule has 0 spiro atoms. The van der Waals surface area contributed by atoms with Crippen molar-refractivity contribution < 1.29 is 13.2 Å². The Morgan fingerprint density at radius 2 is 1.65 bits per heavy atom. The molecule has 1 nitrogen and oxygen atoms in total. The lowest BCUT2D eigenvalue weighted by Gasteiger charge is -2.35. The van der Waals surface area contributed by atoms with E-state index in [-0.39, 0.29) is 0 Å². The van der Waals surface area contributed by atoms with Crippen molar-refractivity contribution in [1.29, 1.82) is 0 Å². The molecule has 0 amide bonds. The minimum atomic E-state index is -4.28. The molecule has 0 N–H and O–H groups in total. The Hall–Kier alpha value is -1.81. The summed E-state index contributed by atoms with van der Waals surface area (Å²) in [6.07, 6.45) is 1.64. The number of rotatable bonds is 2. The molecule has 26 heavy (non-hydrogen) atoms. The Labute approximate surface area is 152 Å². The van der Waals surface area contributed by atoms with E-state index in [0.717, 1.165) is 24.0 Å².